The molecule has 1 rings (SSSR count). The van der Waals surface area contributed by atoms with Gasteiger partial charge in [-0.25, -0.2) is 26.7 Å². The smallest absolute Gasteiger partial charge is 0.328 e. The van der Waals surface area contributed by atoms with Gasteiger partial charge in [0.05, 0.1) is 6.61 Å². The van der Waals surface area contributed by atoms with Crippen LogP contribution in [0.15, 0.2) is 0 Å². The number of ether oxygens (including phenoxy) is 1. The summed E-state index contributed by atoms with van der Waals surface area (Å²) >= 11 is 0. The number of amides is 1. The molecule has 0 aliphatic rings. The fraction of sp³-hybridized carbons (Fsp3) is 0.733. The fourth-order valence-electron chi connectivity index (χ4n) is 4.47. The Morgan fingerprint density at radius 1 is 0.641 bits per heavy atom. The number of unbranched alkanes of at least 4 members (excludes halogenated alkanes) is 14. The van der Waals surface area contributed by atoms with E-state index in [4.69, 9.17) is 4.74 Å². The SMILES string of the molecule is CCCCCCCCCCCCCCCCCOC(=O)C(CC(C)C)NC(=O)c1c(F)c(F)c(F)c(F)c1F. The van der Waals surface area contributed by atoms with E-state index >= 15 is 0 Å². The van der Waals surface area contributed by atoms with Gasteiger partial charge in [0.15, 0.2) is 23.3 Å². The highest BCUT2D eigenvalue weighted by Gasteiger charge is 2.32. The van der Waals surface area contributed by atoms with Gasteiger partial charge in [-0.1, -0.05) is 111 Å². The molecular weight excluding hydrogens is 517 g/mol. The molecular formula is C30H46F5NO3. The zero-order valence-electron chi connectivity index (χ0n) is 23.8. The lowest BCUT2D eigenvalue weighted by Gasteiger charge is -2.20. The highest BCUT2D eigenvalue weighted by atomic mass is 19.2. The molecule has 0 aliphatic heterocycles. The van der Waals surface area contributed by atoms with Crippen LogP contribution in [0.1, 0.15) is 134 Å². The molecule has 0 spiro atoms. The predicted molar refractivity (Wildman–Crippen MR) is 143 cm³/mol. The minimum Gasteiger partial charge on any atom is -0.464 e. The third-order valence-corrected chi connectivity index (χ3v) is 6.73. The molecule has 1 aromatic carbocycles. The molecule has 0 aromatic heterocycles. The van der Waals surface area contributed by atoms with Crippen LogP contribution in [0.5, 0.6) is 0 Å². The molecule has 0 bridgehead atoms. The van der Waals surface area contributed by atoms with Crippen LogP contribution in [-0.4, -0.2) is 24.5 Å². The van der Waals surface area contributed by atoms with Crippen LogP contribution >= 0.6 is 0 Å². The first kappa shape index (κ1) is 34.8. The van der Waals surface area contributed by atoms with Crippen LogP contribution in [0.25, 0.3) is 0 Å². The Balaban J connectivity index is 2.32. The van der Waals surface area contributed by atoms with Gasteiger partial charge in [-0.3, -0.25) is 4.79 Å². The van der Waals surface area contributed by atoms with E-state index < -0.39 is 52.6 Å². The maximum atomic E-state index is 14.0. The summed E-state index contributed by atoms with van der Waals surface area (Å²) in [6, 6.07) is -1.29. The first-order valence-corrected chi connectivity index (χ1v) is 14.6. The second-order valence-electron chi connectivity index (χ2n) is 10.7. The Hall–Kier alpha value is -2.19. The molecule has 1 amide bonds. The number of carbonyl (C=O) groups excluding carboxylic acids is 2. The van der Waals surface area contributed by atoms with Crippen LogP contribution in [-0.2, 0) is 9.53 Å². The molecule has 0 fully saturated rings. The van der Waals surface area contributed by atoms with Gasteiger partial charge in [0, 0.05) is 0 Å². The number of benzene rings is 1. The number of esters is 1. The van der Waals surface area contributed by atoms with Crippen molar-refractivity contribution in [3.63, 3.8) is 0 Å². The van der Waals surface area contributed by atoms with Gasteiger partial charge >= 0.3 is 5.97 Å². The highest BCUT2D eigenvalue weighted by Crippen LogP contribution is 2.23. The zero-order chi connectivity index (χ0) is 29.2. The monoisotopic (exact) mass is 563 g/mol. The van der Waals surface area contributed by atoms with Gasteiger partial charge < -0.3 is 10.1 Å². The molecule has 0 heterocycles. The third kappa shape index (κ3) is 13.1. The zero-order valence-corrected chi connectivity index (χ0v) is 23.8. The number of halogens is 5. The summed E-state index contributed by atoms with van der Waals surface area (Å²) in [5.74, 6) is -13.8. The van der Waals surface area contributed by atoms with Gasteiger partial charge in [-0.05, 0) is 18.8 Å². The maximum absolute atomic E-state index is 14.0. The summed E-state index contributed by atoms with van der Waals surface area (Å²) in [4.78, 5) is 24.9. The van der Waals surface area contributed by atoms with Gasteiger partial charge in [0.1, 0.15) is 11.6 Å². The van der Waals surface area contributed by atoms with E-state index in [1.165, 1.54) is 70.6 Å². The lowest BCUT2D eigenvalue weighted by atomic mass is 10.0. The average Bonchev–Trinajstić information content (AvgIpc) is 2.89. The fourth-order valence-corrected chi connectivity index (χ4v) is 4.47. The molecule has 1 unspecified atom stereocenters. The van der Waals surface area contributed by atoms with Crippen molar-refractivity contribution in [2.24, 2.45) is 5.92 Å². The van der Waals surface area contributed by atoms with Crippen molar-refractivity contribution in [3.8, 4) is 0 Å². The van der Waals surface area contributed by atoms with Crippen molar-refractivity contribution in [2.45, 2.75) is 130 Å². The number of hydrogen-bond donors (Lipinski definition) is 1. The molecule has 0 radical (unpaired) electrons. The largest absolute Gasteiger partial charge is 0.464 e. The van der Waals surface area contributed by atoms with Gasteiger partial charge in [-0.2, -0.15) is 0 Å². The highest BCUT2D eigenvalue weighted by molar-refractivity contribution is 5.97. The molecule has 1 atom stereocenters. The van der Waals surface area contributed by atoms with Crippen LogP contribution in [0.4, 0.5) is 22.0 Å². The van der Waals surface area contributed by atoms with Crippen molar-refractivity contribution < 1.29 is 36.3 Å². The van der Waals surface area contributed by atoms with E-state index in [1.54, 1.807) is 13.8 Å². The van der Waals surface area contributed by atoms with Crippen molar-refractivity contribution in [1.29, 1.82) is 0 Å². The number of carbonyl (C=O) groups is 2. The Kier molecular flexibility index (Phi) is 17.7. The quantitative estimate of drug-likeness (QED) is 0.0534. The van der Waals surface area contributed by atoms with E-state index in [1.807, 2.05) is 0 Å². The minimum atomic E-state index is -2.36. The van der Waals surface area contributed by atoms with Crippen molar-refractivity contribution >= 4 is 11.9 Å². The van der Waals surface area contributed by atoms with Crippen LogP contribution in [0.3, 0.4) is 0 Å². The average molecular weight is 564 g/mol. The Morgan fingerprint density at radius 3 is 1.44 bits per heavy atom. The van der Waals surface area contributed by atoms with Gasteiger partial charge in [0.25, 0.3) is 5.91 Å². The molecule has 4 nitrogen and oxygen atoms in total. The molecule has 1 N–H and O–H groups in total. The van der Waals surface area contributed by atoms with Gasteiger partial charge in [-0.15, -0.1) is 0 Å². The molecule has 1 aromatic rings. The van der Waals surface area contributed by atoms with E-state index in [2.05, 4.69) is 12.2 Å². The number of rotatable bonds is 21. The second-order valence-corrected chi connectivity index (χ2v) is 10.7. The summed E-state index contributed by atoms with van der Waals surface area (Å²) in [6.07, 6.45) is 18.0. The molecule has 0 aliphatic carbocycles. The predicted octanol–water partition coefficient (Wildman–Crippen LogP) is 8.94. The van der Waals surface area contributed by atoms with Crippen LogP contribution in [0.2, 0.25) is 0 Å². The molecule has 9 heteroatoms. The second kappa shape index (κ2) is 19.8. The summed E-state index contributed by atoms with van der Waals surface area (Å²) in [7, 11) is 0. The molecule has 224 valence electrons. The topological polar surface area (TPSA) is 55.4 Å². The lowest BCUT2D eigenvalue weighted by molar-refractivity contribution is -0.146. The summed E-state index contributed by atoms with van der Waals surface area (Å²) in [5, 5.41) is 2.08. The lowest BCUT2D eigenvalue weighted by Crippen LogP contribution is -2.43. The molecule has 0 saturated heterocycles. The standard InChI is InChI=1S/C30H46F5NO3/c1-4-5-6-7-8-9-10-11-12-13-14-15-16-17-18-19-39-30(38)22(20-21(2)3)36-29(37)23-24(31)26(33)28(35)27(34)25(23)32/h21-22H,4-20H2,1-3H3,(H,36,37). The van der Waals surface area contributed by atoms with E-state index in [0.717, 1.165) is 19.3 Å². The maximum Gasteiger partial charge on any atom is 0.328 e. The number of nitrogens with one attached hydrogen (secondary N) is 1. The van der Waals surface area contributed by atoms with Crippen molar-refractivity contribution in [3.05, 3.63) is 34.6 Å². The van der Waals surface area contributed by atoms with Crippen LogP contribution in [0, 0.1) is 35.0 Å². The minimum absolute atomic E-state index is 0.0683. The molecule has 39 heavy (non-hydrogen) atoms. The summed E-state index contributed by atoms with van der Waals surface area (Å²) < 4.78 is 73.4. The van der Waals surface area contributed by atoms with E-state index in [9.17, 15) is 31.5 Å². The normalized spacial score (nSPS) is 12.1. The van der Waals surface area contributed by atoms with Crippen molar-refractivity contribution in [2.75, 3.05) is 6.61 Å². The number of hydrogen-bond acceptors (Lipinski definition) is 3. The first-order valence-electron chi connectivity index (χ1n) is 14.6. The van der Waals surface area contributed by atoms with Gasteiger partial charge in [0.2, 0.25) is 5.82 Å². The third-order valence-electron chi connectivity index (χ3n) is 6.73. The Bertz CT molecular complexity index is 850. The van der Waals surface area contributed by atoms with Crippen molar-refractivity contribution in [1.82, 2.24) is 5.32 Å². The summed E-state index contributed by atoms with van der Waals surface area (Å²) in [5.41, 5.74) is -1.63. The summed E-state index contributed by atoms with van der Waals surface area (Å²) in [6.45, 7) is 5.84. The Labute approximate surface area is 230 Å². The molecule has 0 saturated carbocycles. The first-order chi connectivity index (χ1) is 18.6. The van der Waals surface area contributed by atoms with E-state index in [-0.39, 0.29) is 18.9 Å². The van der Waals surface area contributed by atoms with Crippen LogP contribution < -0.4 is 5.32 Å². The van der Waals surface area contributed by atoms with E-state index in [0.29, 0.717) is 6.42 Å². The Morgan fingerprint density at radius 2 is 1.03 bits per heavy atom.